The lowest BCUT2D eigenvalue weighted by Crippen LogP contribution is -2.49. The molecule has 1 atom stereocenters. The second-order valence-electron chi connectivity index (χ2n) is 11.0. The number of hydrogen-bond donors (Lipinski definition) is 0. The van der Waals surface area contributed by atoms with E-state index in [1.54, 1.807) is 25.4 Å². The fourth-order valence-electron chi connectivity index (χ4n) is 5.48. The lowest BCUT2D eigenvalue weighted by atomic mass is 10.1. The van der Waals surface area contributed by atoms with Crippen LogP contribution in [0.25, 0.3) is 10.9 Å². The number of aryl methyl sites for hydroxylation is 1. The molecule has 0 amide bonds. The van der Waals surface area contributed by atoms with Gasteiger partial charge in [-0.25, -0.2) is 12.4 Å². The highest BCUT2D eigenvalue weighted by Gasteiger charge is 2.26. The van der Waals surface area contributed by atoms with E-state index in [0.717, 1.165) is 79.1 Å². The van der Waals surface area contributed by atoms with Crippen LogP contribution in [0.15, 0.2) is 77.8 Å². The molecular formula is C33H41N3O4S. The van der Waals surface area contributed by atoms with Gasteiger partial charge in [-0.2, -0.15) is 0 Å². The summed E-state index contributed by atoms with van der Waals surface area (Å²) in [5.41, 5.74) is 3.95. The molecule has 0 aliphatic carbocycles. The Morgan fingerprint density at radius 2 is 1.78 bits per heavy atom. The van der Waals surface area contributed by atoms with Crippen LogP contribution in [0.2, 0.25) is 0 Å². The quantitative estimate of drug-likeness (QED) is 0.183. The van der Waals surface area contributed by atoms with E-state index in [9.17, 15) is 8.42 Å². The van der Waals surface area contributed by atoms with E-state index in [1.165, 1.54) is 3.97 Å². The maximum atomic E-state index is 13.5. The van der Waals surface area contributed by atoms with Gasteiger partial charge in [-0.05, 0) is 68.7 Å². The molecule has 8 heteroatoms. The molecule has 1 aliphatic heterocycles. The molecule has 1 saturated heterocycles. The maximum Gasteiger partial charge on any atom is 0.268 e. The van der Waals surface area contributed by atoms with Crippen molar-refractivity contribution in [3.8, 4) is 11.5 Å². The lowest BCUT2D eigenvalue weighted by Gasteiger charge is -2.41. The number of benzene rings is 3. The van der Waals surface area contributed by atoms with Crippen LogP contribution in [0.4, 0.5) is 5.69 Å². The van der Waals surface area contributed by atoms with Crippen molar-refractivity contribution in [2.45, 2.75) is 63.9 Å². The third-order valence-corrected chi connectivity index (χ3v) is 9.75. The minimum Gasteiger partial charge on any atom is -0.493 e. The van der Waals surface area contributed by atoms with Gasteiger partial charge in [-0.3, -0.25) is 4.90 Å². The Hall–Kier alpha value is -3.49. The van der Waals surface area contributed by atoms with Gasteiger partial charge in [0.15, 0.2) is 11.5 Å². The number of nitrogens with zero attached hydrogens (tertiary/aromatic N) is 3. The Morgan fingerprint density at radius 3 is 2.54 bits per heavy atom. The monoisotopic (exact) mass is 575 g/mol. The number of aromatic nitrogens is 1. The zero-order chi connectivity index (χ0) is 29.0. The second kappa shape index (κ2) is 12.6. The van der Waals surface area contributed by atoms with E-state index in [2.05, 4.69) is 41.8 Å². The van der Waals surface area contributed by atoms with Crippen LogP contribution >= 0.6 is 0 Å². The van der Waals surface area contributed by atoms with Crippen LogP contribution in [0.5, 0.6) is 11.5 Å². The molecule has 0 N–H and O–H groups in total. The first-order valence-electron chi connectivity index (χ1n) is 14.5. The van der Waals surface area contributed by atoms with Gasteiger partial charge in [0.25, 0.3) is 10.0 Å². The highest BCUT2D eigenvalue weighted by Crippen LogP contribution is 2.34. The number of fused-ring (bicyclic) bond motifs is 1. The van der Waals surface area contributed by atoms with Crippen LogP contribution in [-0.2, 0) is 16.6 Å². The number of hydrogen-bond acceptors (Lipinski definition) is 6. The molecule has 1 fully saturated rings. The summed E-state index contributed by atoms with van der Waals surface area (Å²) in [5.74, 6) is 1.54. The van der Waals surface area contributed by atoms with Gasteiger partial charge >= 0.3 is 0 Å². The molecule has 0 spiro atoms. The van der Waals surface area contributed by atoms with E-state index in [0.29, 0.717) is 23.1 Å². The Balaban J connectivity index is 1.36. The summed E-state index contributed by atoms with van der Waals surface area (Å²) >= 11 is 0. The van der Waals surface area contributed by atoms with E-state index in [-0.39, 0.29) is 0 Å². The van der Waals surface area contributed by atoms with Crippen LogP contribution in [0.1, 0.15) is 50.7 Å². The Kier molecular flexibility index (Phi) is 8.90. The van der Waals surface area contributed by atoms with Gasteiger partial charge in [0.2, 0.25) is 0 Å². The van der Waals surface area contributed by atoms with Crippen LogP contribution in [0, 0.1) is 6.92 Å². The van der Waals surface area contributed by atoms with Crippen molar-refractivity contribution in [1.82, 2.24) is 8.87 Å². The van der Waals surface area contributed by atoms with Crippen molar-refractivity contribution in [3.63, 3.8) is 0 Å². The van der Waals surface area contributed by atoms with Crippen LogP contribution in [0.3, 0.4) is 0 Å². The number of ether oxygens (including phenoxy) is 2. The van der Waals surface area contributed by atoms with E-state index < -0.39 is 10.0 Å². The molecule has 0 bridgehead atoms. The standard InChI is InChI=1S/C33H41N3O4S/c1-5-6-7-21-40-33-22-28(13-16-32(33)39-4)34-19-17-26(3)35(24-34)23-27-9-8-10-31-30(27)18-20-36(31)41(37,38)29-14-11-25(2)12-15-29/h8-16,18,20,22,26H,5-7,17,19,21,23-24H2,1-4H3/t26-/m1/s1. The van der Waals surface area contributed by atoms with E-state index >= 15 is 0 Å². The summed E-state index contributed by atoms with van der Waals surface area (Å²) < 4.78 is 40.0. The first-order valence-corrected chi connectivity index (χ1v) is 16.0. The van der Waals surface area contributed by atoms with Crippen molar-refractivity contribution in [2.75, 3.05) is 31.8 Å². The molecule has 7 nitrogen and oxygen atoms in total. The van der Waals surface area contributed by atoms with Gasteiger partial charge in [0.05, 0.1) is 30.8 Å². The predicted octanol–water partition coefficient (Wildman–Crippen LogP) is 6.82. The first-order chi connectivity index (χ1) is 19.8. The third kappa shape index (κ3) is 6.23. The number of unbranched alkanes of at least 4 members (excludes halogenated alkanes) is 2. The van der Waals surface area contributed by atoms with Crippen molar-refractivity contribution >= 4 is 26.6 Å². The molecule has 5 rings (SSSR count). The first kappa shape index (κ1) is 29.0. The zero-order valence-corrected chi connectivity index (χ0v) is 25.4. The molecule has 218 valence electrons. The SMILES string of the molecule is CCCCCOc1cc(N2CC[C@@H](C)N(Cc3cccc4c3ccn4S(=O)(=O)c3ccc(C)cc3)C2)ccc1OC. The largest absolute Gasteiger partial charge is 0.493 e. The highest BCUT2D eigenvalue weighted by atomic mass is 32.2. The second-order valence-corrected chi connectivity index (χ2v) is 12.8. The average Bonchev–Trinajstić information content (AvgIpc) is 3.43. The minimum atomic E-state index is -3.69. The molecule has 2 heterocycles. The Bertz CT molecular complexity index is 1580. The van der Waals surface area contributed by atoms with Crippen LogP contribution in [-0.4, -0.2) is 50.3 Å². The molecule has 1 aromatic heterocycles. The predicted molar refractivity (Wildman–Crippen MR) is 166 cm³/mol. The molecule has 4 aromatic rings. The average molecular weight is 576 g/mol. The maximum absolute atomic E-state index is 13.5. The molecule has 0 saturated carbocycles. The zero-order valence-electron chi connectivity index (χ0n) is 24.5. The fourth-order valence-corrected chi connectivity index (χ4v) is 6.82. The Labute approximate surface area is 244 Å². The number of methoxy groups -OCH3 is 1. The van der Waals surface area contributed by atoms with Gasteiger partial charge in [-0.1, -0.05) is 49.6 Å². The van der Waals surface area contributed by atoms with E-state index in [4.69, 9.17) is 9.47 Å². The van der Waals surface area contributed by atoms with Gasteiger partial charge in [0.1, 0.15) is 0 Å². The number of rotatable bonds is 11. The van der Waals surface area contributed by atoms with Crippen molar-refractivity contribution in [2.24, 2.45) is 0 Å². The summed E-state index contributed by atoms with van der Waals surface area (Å²) in [7, 11) is -2.01. The molecule has 0 radical (unpaired) electrons. The molecular weight excluding hydrogens is 534 g/mol. The number of anilines is 1. The van der Waals surface area contributed by atoms with Crippen LogP contribution < -0.4 is 14.4 Å². The minimum absolute atomic E-state index is 0.291. The smallest absolute Gasteiger partial charge is 0.268 e. The molecule has 3 aromatic carbocycles. The molecule has 41 heavy (non-hydrogen) atoms. The van der Waals surface area contributed by atoms with Gasteiger partial charge in [-0.15, -0.1) is 0 Å². The van der Waals surface area contributed by atoms with Gasteiger partial charge in [0, 0.05) is 42.5 Å². The third-order valence-electron chi connectivity index (χ3n) is 8.05. The fraction of sp³-hybridized carbons (Fsp3) is 0.394. The Morgan fingerprint density at radius 1 is 0.976 bits per heavy atom. The summed E-state index contributed by atoms with van der Waals surface area (Å²) in [4.78, 5) is 5.13. The van der Waals surface area contributed by atoms with Crippen molar-refractivity contribution < 1.29 is 17.9 Å². The van der Waals surface area contributed by atoms with E-state index in [1.807, 2.05) is 43.3 Å². The lowest BCUT2D eigenvalue weighted by molar-refractivity contribution is 0.164. The molecule has 0 unspecified atom stereocenters. The highest BCUT2D eigenvalue weighted by molar-refractivity contribution is 7.90. The summed E-state index contributed by atoms with van der Waals surface area (Å²) in [6.45, 7) is 9.53. The van der Waals surface area contributed by atoms with Gasteiger partial charge < -0.3 is 14.4 Å². The topological polar surface area (TPSA) is 64.0 Å². The van der Waals surface area contributed by atoms with Crippen molar-refractivity contribution in [3.05, 3.63) is 84.1 Å². The summed E-state index contributed by atoms with van der Waals surface area (Å²) in [6, 6.07) is 21.4. The van der Waals surface area contributed by atoms with Crippen molar-refractivity contribution in [1.29, 1.82) is 0 Å². The summed E-state index contributed by atoms with van der Waals surface area (Å²) in [5, 5.41) is 0.958. The normalized spacial score (nSPS) is 16.3. The summed E-state index contributed by atoms with van der Waals surface area (Å²) in [6.07, 6.45) is 6.03. The molecule has 1 aliphatic rings.